The molecule has 8 bridgehead atoms. The molecule has 6 heteroatoms. The van der Waals surface area contributed by atoms with Crippen molar-refractivity contribution in [2.45, 2.75) is 65.5 Å². The van der Waals surface area contributed by atoms with Crippen LogP contribution in [0.5, 0.6) is 11.5 Å². The monoisotopic (exact) mass is 633 g/mol. The smallest absolute Gasteiger partial charge is 0.509 e. The first-order valence-electron chi connectivity index (χ1n) is 11.9. The fourth-order valence-electron chi connectivity index (χ4n) is 5.60. The Bertz CT molecular complexity index is 1070. The van der Waals surface area contributed by atoms with E-state index in [1.807, 2.05) is 24.3 Å². The van der Waals surface area contributed by atoms with Crippen LogP contribution in [-0.2, 0) is 21.1 Å². The molecule has 0 N–H and O–H groups in total. The molecule has 4 aliphatic rings. The largest absolute Gasteiger partial charge is 4.00 e. The maximum absolute atomic E-state index is 6.22. The summed E-state index contributed by atoms with van der Waals surface area (Å²) in [5.41, 5.74) is 7.09. The van der Waals surface area contributed by atoms with Gasteiger partial charge in [-0.05, 0) is 51.9 Å². The van der Waals surface area contributed by atoms with Gasteiger partial charge >= 0.3 is 21.1 Å². The van der Waals surface area contributed by atoms with Gasteiger partial charge in [0.1, 0.15) is 0 Å². The van der Waals surface area contributed by atoms with Crippen LogP contribution in [0.1, 0.15) is 53.4 Å². The first-order chi connectivity index (χ1) is 16.0. The molecule has 2 aromatic carbocycles. The van der Waals surface area contributed by atoms with Gasteiger partial charge in [-0.1, -0.05) is 12.8 Å². The molecular formula is C28H30N4OPt. The van der Waals surface area contributed by atoms with Gasteiger partial charge < -0.3 is 24.3 Å². The third-order valence-electron chi connectivity index (χ3n) is 7.68. The number of fused-ring (bicyclic) bond motifs is 13. The second-order valence-electron chi connectivity index (χ2n) is 9.45. The minimum absolute atomic E-state index is 0. The minimum Gasteiger partial charge on any atom is -0.509 e. The predicted octanol–water partition coefficient (Wildman–Crippen LogP) is 6.39. The summed E-state index contributed by atoms with van der Waals surface area (Å²) >= 11 is 0. The average molecular weight is 634 g/mol. The number of hydrogen-bond acceptors (Lipinski definition) is 5. The van der Waals surface area contributed by atoms with Gasteiger partial charge in [0.05, 0.1) is 0 Å². The van der Waals surface area contributed by atoms with Crippen LogP contribution in [0, 0.1) is 25.5 Å². The molecule has 1 saturated carbocycles. The summed E-state index contributed by atoms with van der Waals surface area (Å²) in [6.45, 7) is 13.4. The zero-order valence-electron chi connectivity index (χ0n) is 20.1. The van der Waals surface area contributed by atoms with Crippen molar-refractivity contribution in [3.05, 3.63) is 84.7 Å². The molecule has 2 atom stereocenters. The van der Waals surface area contributed by atoms with Crippen molar-refractivity contribution in [3.63, 3.8) is 0 Å². The quantitative estimate of drug-likeness (QED) is 0.313. The fourth-order valence-corrected chi connectivity index (χ4v) is 5.60. The van der Waals surface area contributed by atoms with E-state index in [0.29, 0.717) is 23.6 Å². The number of benzene rings is 2. The predicted molar refractivity (Wildman–Crippen MR) is 131 cm³/mol. The Hall–Kier alpha value is -2.39. The van der Waals surface area contributed by atoms with Crippen molar-refractivity contribution < 1.29 is 25.8 Å². The van der Waals surface area contributed by atoms with Gasteiger partial charge in [-0.3, -0.25) is 0 Å². The number of nitrogens with zero attached hydrogens (tertiary/aromatic N) is 4. The van der Waals surface area contributed by atoms with Gasteiger partial charge in [-0.15, -0.1) is 47.8 Å². The molecule has 1 aliphatic carbocycles. The first-order valence-corrected chi connectivity index (χ1v) is 11.9. The third-order valence-corrected chi connectivity index (χ3v) is 7.68. The molecule has 3 heterocycles. The average Bonchev–Trinajstić information content (AvgIpc) is 3.29. The molecule has 0 spiro atoms. The molecule has 178 valence electrons. The van der Waals surface area contributed by atoms with Crippen molar-refractivity contribution in [2.75, 3.05) is 9.80 Å². The van der Waals surface area contributed by atoms with Crippen LogP contribution in [0.15, 0.2) is 59.2 Å². The molecule has 2 unspecified atom stereocenters. The maximum Gasteiger partial charge on any atom is 4.00 e. The van der Waals surface area contributed by atoms with E-state index in [0.717, 1.165) is 11.4 Å². The van der Waals surface area contributed by atoms with Crippen molar-refractivity contribution in [3.8, 4) is 11.5 Å². The van der Waals surface area contributed by atoms with E-state index in [9.17, 15) is 0 Å². The van der Waals surface area contributed by atoms with E-state index in [-0.39, 0.29) is 21.1 Å². The molecule has 0 radical (unpaired) electrons. The maximum atomic E-state index is 6.22. The Labute approximate surface area is 217 Å². The third kappa shape index (κ3) is 3.73. The van der Waals surface area contributed by atoms with Crippen molar-refractivity contribution in [2.24, 2.45) is 0 Å². The van der Waals surface area contributed by atoms with Crippen LogP contribution in [-0.4, -0.2) is 21.9 Å². The van der Waals surface area contributed by atoms with E-state index in [4.69, 9.17) is 4.74 Å². The summed E-state index contributed by atoms with van der Waals surface area (Å²) in [6, 6.07) is 20.0. The summed E-state index contributed by atoms with van der Waals surface area (Å²) in [5, 5.41) is 0. The van der Waals surface area contributed by atoms with Crippen LogP contribution < -0.4 is 14.5 Å². The second-order valence-corrected chi connectivity index (χ2v) is 9.45. The molecular weight excluding hydrogens is 603 g/mol. The van der Waals surface area contributed by atoms with Gasteiger partial charge in [-0.2, -0.15) is 25.5 Å². The van der Waals surface area contributed by atoms with E-state index < -0.39 is 0 Å². The number of ether oxygens (including phenoxy) is 1. The van der Waals surface area contributed by atoms with E-state index in [1.165, 1.54) is 48.5 Å². The molecule has 6 rings (SSSR count). The van der Waals surface area contributed by atoms with Crippen LogP contribution in [0.4, 0.5) is 11.4 Å². The van der Waals surface area contributed by atoms with Crippen molar-refractivity contribution in [1.82, 2.24) is 9.80 Å². The zero-order chi connectivity index (χ0) is 22.7. The van der Waals surface area contributed by atoms with Crippen LogP contribution in [0.2, 0.25) is 0 Å². The Morgan fingerprint density at radius 1 is 0.706 bits per heavy atom. The van der Waals surface area contributed by atoms with Gasteiger partial charge in [0.15, 0.2) is 0 Å². The number of hydrogen-bond donors (Lipinski definition) is 0. The Kier molecular flexibility index (Phi) is 6.18. The SMILES string of the molecule is CC1=C(C)N2[CH-]N1c1[c-]c(ccc1)Oc1[c-]c(ccc1)N1[CH-]N(C(C)=C1C)C1CCCCC12.[Pt+4]. The van der Waals surface area contributed by atoms with E-state index in [2.05, 4.69) is 84.9 Å². The number of anilines is 2. The Balaban J connectivity index is 0.00000241. The summed E-state index contributed by atoms with van der Waals surface area (Å²) in [5.74, 6) is 1.39. The molecule has 5 nitrogen and oxygen atoms in total. The Morgan fingerprint density at radius 2 is 1.15 bits per heavy atom. The Morgan fingerprint density at radius 3 is 1.59 bits per heavy atom. The van der Waals surface area contributed by atoms with E-state index >= 15 is 0 Å². The minimum atomic E-state index is 0. The summed E-state index contributed by atoms with van der Waals surface area (Å²) < 4.78 is 6.22. The van der Waals surface area contributed by atoms with Crippen LogP contribution in [0.3, 0.4) is 0 Å². The molecule has 0 amide bonds. The molecule has 2 aromatic rings. The standard InChI is InChI=1S/C28H30N4O.Pt/c1-19-21(3)31-17-29(19)23-9-7-11-25(15-23)33-26-12-8-10-24(16-26)30-18-32(22(4)20(30)2)28-14-6-5-13-27(28)31;/h7-12,17-18,27-28H,5-6,13-14H2,1-4H3;/q-4;+4. The van der Waals surface area contributed by atoms with Gasteiger partial charge in [0.25, 0.3) is 0 Å². The normalized spacial score (nSPS) is 23.9. The molecule has 34 heavy (non-hydrogen) atoms. The first kappa shape index (κ1) is 23.4. The topological polar surface area (TPSA) is 22.2 Å². The summed E-state index contributed by atoms with van der Waals surface area (Å²) in [6.07, 6.45) is 4.90. The van der Waals surface area contributed by atoms with E-state index in [1.54, 1.807) is 0 Å². The van der Waals surface area contributed by atoms with Gasteiger partial charge in [0.2, 0.25) is 0 Å². The second kappa shape index (κ2) is 9.00. The number of rotatable bonds is 0. The van der Waals surface area contributed by atoms with Gasteiger partial charge in [0, 0.05) is 35.0 Å². The molecule has 1 fully saturated rings. The molecule has 0 saturated heterocycles. The van der Waals surface area contributed by atoms with Crippen LogP contribution >= 0.6 is 0 Å². The van der Waals surface area contributed by atoms with Gasteiger partial charge in [-0.25, -0.2) is 0 Å². The van der Waals surface area contributed by atoms with Crippen LogP contribution in [0.25, 0.3) is 0 Å². The molecule has 3 aliphatic heterocycles. The molecule has 0 aromatic heterocycles. The van der Waals surface area contributed by atoms with Crippen molar-refractivity contribution >= 4 is 11.4 Å². The summed E-state index contributed by atoms with van der Waals surface area (Å²) in [7, 11) is 0. The number of allylic oxidation sites excluding steroid dienone is 4. The summed E-state index contributed by atoms with van der Waals surface area (Å²) in [4.78, 5) is 9.51. The zero-order valence-corrected chi connectivity index (χ0v) is 22.4. The fraction of sp³-hybridized carbons (Fsp3) is 0.357. The van der Waals surface area contributed by atoms with Crippen molar-refractivity contribution in [1.29, 1.82) is 0 Å².